The molecule has 1 atom stereocenters. The van der Waals surface area contributed by atoms with Crippen LogP contribution in [-0.4, -0.2) is 12.6 Å². The topological polar surface area (TPSA) is 52.3 Å². The fraction of sp³-hybridized carbons (Fsp3) is 0.583. The van der Waals surface area contributed by atoms with Crippen molar-refractivity contribution in [1.82, 2.24) is 0 Å². The van der Waals surface area contributed by atoms with Crippen molar-refractivity contribution in [3.63, 3.8) is 0 Å². The molecule has 0 aromatic carbocycles. The second kappa shape index (κ2) is 7.13. The van der Waals surface area contributed by atoms with Crippen LogP contribution < -0.4 is 5.73 Å². The lowest BCUT2D eigenvalue weighted by molar-refractivity contribution is -0.143. The lowest BCUT2D eigenvalue weighted by Gasteiger charge is -2.10. The molecule has 1 aromatic heterocycles. The summed E-state index contributed by atoms with van der Waals surface area (Å²) < 4.78 is 5.94. The number of hydrogen-bond acceptors (Lipinski definition) is 4. The van der Waals surface area contributed by atoms with Gasteiger partial charge >= 0.3 is 5.97 Å². The van der Waals surface area contributed by atoms with Gasteiger partial charge < -0.3 is 10.5 Å². The van der Waals surface area contributed by atoms with E-state index in [9.17, 15) is 4.79 Å². The molecular weight excluding hydrogens is 302 g/mol. The van der Waals surface area contributed by atoms with E-state index in [4.69, 9.17) is 10.5 Å². The highest BCUT2D eigenvalue weighted by Crippen LogP contribution is 2.33. The molecule has 3 nitrogen and oxygen atoms in total. The first-order valence-electron chi connectivity index (χ1n) is 5.71. The minimum absolute atomic E-state index is 0.00231. The summed E-state index contributed by atoms with van der Waals surface area (Å²) in [5.74, 6) is -0.138. The van der Waals surface area contributed by atoms with Gasteiger partial charge in [0.05, 0.1) is 6.61 Å². The standard InChI is InChI=1S/C12H18BrNO2S/c1-3-16-11(15)6-4-5-10(14)12-9(13)7-8(2)17-12/h7,10H,3-6,14H2,1-2H3. The number of carbonyl (C=O) groups is 1. The summed E-state index contributed by atoms with van der Waals surface area (Å²) in [7, 11) is 0. The van der Waals surface area contributed by atoms with Gasteiger partial charge in [0.15, 0.2) is 0 Å². The van der Waals surface area contributed by atoms with E-state index in [2.05, 4.69) is 28.9 Å². The lowest BCUT2D eigenvalue weighted by atomic mass is 10.1. The molecule has 1 rings (SSSR count). The van der Waals surface area contributed by atoms with E-state index in [1.165, 1.54) is 4.88 Å². The zero-order valence-electron chi connectivity index (χ0n) is 10.2. The second-order valence-electron chi connectivity index (χ2n) is 3.87. The summed E-state index contributed by atoms with van der Waals surface area (Å²) in [6, 6.07) is 2.07. The highest BCUT2D eigenvalue weighted by molar-refractivity contribution is 9.10. The highest BCUT2D eigenvalue weighted by Gasteiger charge is 2.13. The number of rotatable bonds is 6. The zero-order valence-corrected chi connectivity index (χ0v) is 12.6. The van der Waals surface area contributed by atoms with Crippen LogP contribution in [0.1, 0.15) is 42.0 Å². The van der Waals surface area contributed by atoms with Gasteiger partial charge in [-0.3, -0.25) is 4.79 Å². The summed E-state index contributed by atoms with van der Waals surface area (Å²) in [4.78, 5) is 13.6. The SMILES string of the molecule is CCOC(=O)CCCC(N)c1sc(C)cc1Br. The Labute approximate surface area is 114 Å². The molecule has 0 bridgehead atoms. The second-order valence-corrected chi connectivity index (χ2v) is 6.02. The fourth-order valence-electron chi connectivity index (χ4n) is 1.58. The number of halogens is 1. The Morgan fingerprint density at radius 2 is 2.35 bits per heavy atom. The van der Waals surface area contributed by atoms with Crippen molar-refractivity contribution in [3.05, 3.63) is 20.3 Å². The maximum atomic E-state index is 11.2. The summed E-state index contributed by atoms with van der Waals surface area (Å²) in [5.41, 5.74) is 6.10. The molecule has 5 heteroatoms. The molecule has 0 saturated carbocycles. The van der Waals surface area contributed by atoms with Gasteiger partial charge in [-0.15, -0.1) is 11.3 Å². The van der Waals surface area contributed by atoms with E-state index in [-0.39, 0.29) is 12.0 Å². The van der Waals surface area contributed by atoms with Crippen LogP contribution >= 0.6 is 27.3 Å². The first-order valence-corrected chi connectivity index (χ1v) is 7.32. The van der Waals surface area contributed by atoms with Crippen LogP contribution in [0.3, 0.4) is 0 Å². The predicted molar refractivity (Wildman–Crippen MR) is 74.2 cm³/mol. The third kappa shape index (κ3) is 4.77. The Kier molecular flexibility index (Phi) is 6.16. The molecule has 17 heavy (non-hydrogen) atoms. The number of hydrogen-bond donors (Lipinski definition) is 1. The lowest BCUT2D eigenvalue weighted by Crippen LogP contribution is -2.10. The smallest absolute Gasteiger partial charge is 0.305 e. The van der Waals surface area contributed by atoms with Crippen LogP contribution in [0.5, 0.6) is 0 Å². The highest BCUT2D eigenvalue weighted by atomic mass is 79.9. The van der Waals surface area contributed by atoms with Crippen molar-refractivity contribution in [2.24, 2.45) is 5.73 Å². The van der Waals surface area contributed by atoms with E-state index in [0.717, 1.165) is 22.2 Å². The molecule has 2 N–H and O–H groups in total. The zero-order chi connectivity index (χ0) is 12.8. The number of esters is 1. The van der Waals surface area contributed by atoms with Gasteiger partial charge in [-0.05, 0) is 48.7 Å². The minimum atomic E-state index is -0.138. The first kappa shape index (κ1) is 14.7. The van der Waals surface area contributed by atoms with Crippen molar-refractivity contribution >= 4 is 33.2 Å². The van der Waals surface area contributed by atoms with E-state index in [1.807, 2.05) is 6.92 Å². The molecule has 0 saturated heterocycles. The van der Waals surface area contributed by atoms with E-state index >= 15 is 0 Å². The quantitative estimate of drug-likeness (QED) is 0.816. The number of carbonyl (C=O) groups excluding carboxylic acids is 1. The Morgan fingerprint density at radius 1 is 1.65 bits per heavy atom. The van der Waals surface area contributed by atoms with Crippen LogP contribution in [0, 0.1) is 6.92 Å². The van der Waals surface area contributed by atoms with Gasteiger partial charge in [-0.2, -0.15) is 0 Å². The van der Waals surface area contributed by atoms with Crippen molar-refractivity contribution in [3.8, 4) is 0 Å². The van der Waals surface area contributed by atoms with Crippen LogP contribution in [0.2, 0.25) is 0 Å². The Hall–Kier alpha value is -0.390. The molecule has 0 radical (unpaired) electrons. The van der Waals surface area contributed by atoms with Crippen LogP contribution in [0.4, 0.5) is 0 Å². The third-order valence-corrected chi connectivity index (χ3v) is 4.48. The van der Waals surface area contributed by atoms with E-state index < -0.39 is 0 Å². The largest absolute Gasteiger partial charge is 0.466 e. The number of thiophene rings is 1. The molecular formula is C12H18BrNO2S. The van der Waals surface area contributed by atoms with Crippen LogP contribution in [-0.2, 0) is 9.53 Å². The van der Waals surface area contributed by atoms with Gasteiger partial charge in [0.1, 0.15) is 0 Å². The first-order chi connectivity index (χ1) is 8.04. The average Bonchev–Trinajstić information content (AvgIpc) is 2.58. The van der Waals surface area contributed by atoms with Gasteiger partial charge in [0, 0.05) is 26.7 Å². The number of aryl methyl sites for hydroxylation is 1. The average molecular weight is 320 g/mol. The molecule has 96 valence electrons. The minimum Gasteiger partial charge on any atom is -0.466 e. The van der Waals surface area contributed by atoms with E-state index in [1.54, 1.807) is 11.3 Å². The number of ether oxygens (including phenoxy) is 1. The van der Waals surface area contributed by atoms with Crippen molar-refractivity contribution < 1.29 is 9.53 Å². The van der Waals surface area contributed by atoms with E-state index in [0.29, 0.717) is 13.0 Å². The monoisotopic (exact) mass is 319 g/mol. The summed E-state index contributed by atoms with van der Waals surface area (Å²) >= 11 is 5.21. The summed E-state index contributed by atoms with van der Waals surface area (Å²) in [5, 5.41) is 0. The third-order valence-electron chi connectivity index (χ3n) is 2.37. The molecule has 0 fully saturated rings. The Balaban J connectivity index is 2.37. The molecule has 1 unspecified atom stereocenters. The maximum absolute atomic E-state index is 11.2. The maximum Gasteiger partial charge on any atom is 0.305 e. The van der Waals surface area contributed by atoms with Gasteiger partial charge in [0.25, 0.3) is 0 Å². The fourth-order valence-corrected chi connectivity index (χ4v) is 3.57. The molecule has 0 spiro atoms. The van der Waals surface area contributed by atoms with Crippen molar-refractivity contribution in [1.29, 1.82) is 0 Å². The normalized spacial score (nSPS) is 12.5. The Bertz CT molecular complexity index is 379. The van der Waals surface area contributed by atoms with Crippen LogP contribution in [0.25, 0.3) is 0 Å². The molecule has 0 aliphatic rings. The van der Waals surface area contributed by atoms with Crippen molar-refractivity contribution in [2.75, 3.05) is 6.61 Å². The molecule has 0 aliphatic heterocycles. The van der Waals surface area contributed by atoms with Crippen molar-refractivity contribution in [2.45, 2.75) is 39.2 Å². The molecule has 1 heterocycles. The molecule has 1 aromatic rings. The molecule has 0 aliphatic carbocycles. The molecule has 0 amide bonds. The Morgan fingerprint density at radius 3 is 2.88 bits per heavy atom. The summed E-state index contributed by atoms with van der Waals surface area (Å²) in [6.07, 6.45) is 2.02. The van der Waals surface area contributed by atoms with Gasteiger partial charge in [-0.25, -0.2) is 0 Å². The number of nitrogens with two attached hydrogens (primary N) is 1. The van der Waals surface area contributed by atoms with Crippen LogP contribution in [0.15, 0.2) is 10.5 Å². The summed E-state index contributed by atoms with van der Waals surface area (Å²) in [6.45, 7) is 4.32. The van der Waals surface area contributed by atoms with Gasteiger partial charge in [-0.1, -0.05) is 0 Å². The predicted octanol–water partition coefficient (Wildman–Crippen LogP) is 3.55. The van der Waals surface area contributed by atoms with Gasteiger partial charge in [0.2, 0.25) is 0 Å².